The summed E-state index contributed by atoms with van der Waals surface area (Å²) in [6.45, 7) is 8.17. The van der Waals surface area contributed by atoms with Crippen molar-refractivity contribution in [2.75, 3.05) is 6.61 Å². The molecule has 1 radical (unpaired) electrons. The summed E-state index contributed by atoms with van der Waals surface area (Å²) < 4.78 is 0. The Hall–Kier alpha value is -0.770. The number of rotatable bonds is 5. The Morgan fingerprint density at radius 1 is 1.04 bits per heavy atom. The van der Waals surface area contributed by atoms with Crippen molar-refractivity contribution in [1.29, 1.82) is 0 Å². The Morgan fingerprint density at radius 3 is 1.74 bits per heavy atom. The van der Waals surface area contributed by atoms with Gasteiger partial charge in [0.05, 0.1) is 6.61 Å². The number of nitrogens with one attached hydrogen (secondary N) is 1. The van der Waals surface area contributed by atoms with Crippen molar-refractivity contribution in [3.05, 3.63) is 6.42 Å². The van der Waals surface area contributed by atoms with E-state index in [9.17, 15) is 4.79 Å². The molecule has 7 N–H and O–H groups in total. The minimum Gasteiger partial charge on any atom is -0.479 e. The first-order chi connectivity index (χ1) is 10.3. The van der Waals surface area contributed by atoms with Crippen LogP contribution in [0.3, 0.4) is 0 Å². The van der Waals surface area contributed by atoms with Gasteiger partial charge in [0.1, 0.15) is 18.3 Å². The second-order valence-electron chi connectivity index (χ2n) is 7.10. The lowest BCUT2D eigenvalue weighted by molar-refractivity contribution is -0.164. The molecular formula is C15H30NO7. The van der Waals surface area contributed by atoms with Gasteiger partial charge in [-0.3, -0.25) is 0 Å². The van der Waals surface area contributed by atoms with Crippen LogP contribution in [0.5, 0.6) is 0 Å². The second kappa shape index (κ2) is 8.91. The van der Waals surface area contributed by atoms with E-state index in [1.165, 1.54) is 12.8 Å². The van der Waals surface area contributed by atoms with Gasteiger partial charge in [-0.1, -0.05) is 0 Å². The molecule has 0 aliphatic carbocycles. The summed E-state index contributed by atoms with van der Waals surface area (Å²) in [6.07, 6.45) is -3.07. The summed E-state index contributed by atoms with van der Waals surface area (Å²) in [4.78, 5) is 10.1. The predicted octanol–water partition coefficient (Wildman–Crippen LogP) is -1.36. The molecule has 8 nitrogen and oxygen atoms in total. The Bertz CT molecular complexity index is 359. The van der Waals surface area contributed by atoms with Crippen molar-refractivity contribution in [3.8, 4) is 0 Å². The number of hydrogen-bond donors (Lipinski definition) is 7. The van der Waals surface area contributed by atoms with Crippen LogP contribution in [0.4, 0.5) is 0 Å². The number of hydrogen-bond acceptors (Lipinski definition) is 7. The standard InChI is InChI=1S/C9H18N.C6H12O7/c1-8(2)6-5-7-9(3,4)10-8;7-1-2(8)3(9)4(10)5(11)6(12)13/h5,10H,6-7H2,1-4H3;2-5,7-11H,1H2,(H,12,13)/t;2-,3-,4+,5-/m.1/s1. The molecular weight excluding hydrogens is 306 g/mol. The maximum atomic E-state index is 10.1. The number of aliphatic hydroxyl groups is 5. The largest absolute Gasteiger partial charge is 0.479 e. The van der Waals surface area contributed by atoms with Crippen LogP contribution in [0, 0.1) is 6.42 Å². The lowest BCUT2D eigenvalue weighted by atomic mass is 9.83. The van der Waals surface area contributed by atoms with E-state index in [0.717, 1.165) is 0 Å². The fourth-order valence-electron chi connectivity index (χ4n) is 2.48. The third-order valence-electron chi connectivity index (χ3n) is 3.49. The van der Waals surface area contributed by atoms with Crippen LogP contribution in [0.25, 0.3) is 0 Å². The molecule has 4 atom stereocenters. The SMILES string of the molecule is CC1(C)C[CH]CC(C)(C)N1.O=C(O)[C@H](O)[C@@H](O)[C@H](O)[C@H](O)CO. The summed E-state index contributed by atoms with van der Waals surface area (Å²) in [6, 6.07) is 0. The molecule has 1 heterocycles. The highest BCUT2D eigenvalue weighted by molar-refractivity contribution is 5.72. The molecule has 0 aromatic rings. The summed E-state index contributed by atoms with van der Waals surface area (Å²) >= 11 is 0. The van der Waals surface area contributed by atoms with Gasteiger partial charge in [0.2, 0.25) is 0 Å². The minimum atomic E-state index is -2.20. The Morgan fingerprint density at radius 2 is 1.48 bits per heavy atom. The minimum absolute atomic E-state index is 0.307. The van der Waals surface area contributed by atoms with Crippen molar-refractivity contribution in [1.82, 2.24) is 5.32 Å². The van der Waals surface area contributed by atoms with Crippen molar-refractivity contribution < 1.29 is 35.4 Å². The number of aliphatic hydroxyl groups excluding tert-OH is 5. The van der Waals surface area contributed by atoms with E-state index >= 15 is 0 Å². The van der Waals surface area contributed by atoms with Gasteiger partial charge in [0.25, 0.3) is 0 Å². The Kier molecular flexibility index (Phi) is 8.61. The molecule has 23 heavy (non-hydrogen) atoms. The van der Waals surface area contributed by atoms with Gasteiger partial charge < -0.3 is 36.0 Å². The fourth-order valence-corrected chi connectivity index (χ4v) is 2.48. The third kappa shape index (κ3) is 8.05. The van der Waals surface area contributed by atoms with Crippen molar-refractivity contribution in [2.45, 2.75) is 76.0 Å². The molecule has 8 heteroatoms. The maximum absolute atomic E-state index is 10.1. The molecule has 0 aromatic heterocycles. The van der Waals surface area contributed by atoms with E-state index in [2.05, 4.69) is 39.4 Å². The summed E-state index contributed by atoms with van der Waals surface area (Å²) in [5, 5.41) is 55.4. The topological polar surface area (TPSA) is 150 Å². The van der Waals surface area contributed by atoms with Gasteiger partial charge >= 0.3 is 5.97 Å². The Balaban J connectivity index is 0.000000433. The first-order valence-electron chi connectivity index (χ1n) is 7.50. The summed E-state index contributed by atoms with van der Waals surface area (Å²) in [7, 11) is 0. The lowest BCUT2D eigenvalue weighted by Gasteiger charge is -2.42. The van der Waals surface area contributed by atoms with Gasteiger partial charge in [0, 0.05) is 11.1 Å². The summed E-state index contributed by atoms with van der Waals surface area (Å²) in [5.41, 5.74) is 0.615. The molecule has 0 bridgehead atoms. The highest BCUT2D eigenvalue weighted by Crippen LogP contribution is 2.26. The number of aliphatic carboxylic acids is 1. The molecule has 1 aliphatic heterocycles. The average Bonchev–Trinajstić information content (AvgIpc) is 2.41. The van der Waals surface area contributed by atoms with Crippen LogP contribution in [-0.4, -0.2) is 78.7 Å². The molecule has 0 spiro atoms. The van der Waals surface area contributed by atoms with Gasteiger partial charge in [-0.05, 0) is 47.0 Å². The van der Waals surface area contributed by atoms with Crippen LogP contribution >= 0.6 is 0 Å². The van der Waals surface area contributed by atoms with Crippen LogP contribution in [0.2, 0.25) is 0 Å². The highest BCUT2D eigenvalue weighted by atomic mass is 16.4. The lowest BCUT2D eigenvalue weighted by Crippen LogP contribution is -2.55. The van der Waals surface area contributed by atoms with E-state index in [0.29, 0.717) is 11.1 Å². The van der Waals surface area contributed by atoms with E-state index in [1.54, 1.807) is 0 Å². The molecule has 1 saturated heterocycles. The van der Waals surface area contributed by atoms with E-state index in [1.807, 2.05) is 0 Å². The van der Waals surface area contributed by atoms with Crippen LogP contribution in [0.15, 0.2) is 0 Å². The second-order valence-corrected chi connectivity index (χ2v) is 7.10. The molecule has 137 valence electrons. The molecule has 0 amide bonds. The smallest absolute Gasteiger partial charge is 0.335 e. The predicted molar refractivity (Wildman–Crippen MR) is 83.6 cm³/mol. The molecule has 0 saturated carbocycles. The van der Waals surface area contributed by atoms with Crippen molar-refractivity contribution in [3.63, 3.8) is 0 Å². The van der Waals surface area contributed by atoms with Crippen molar-refractivity contribution in [2.24, 2.45) is 0 Å². The fraction of sp³-hybridized carbons (Fsp3) is 0.867. The number of piperidine rings is 1. The zero-order valence-electron chi connectivity index (χ0n) is 14.1. The first-order valence-corrected chi connectivity index (χ1v) is 7.50. The highest BCUT2D eigenvalue weighted by Gasteiger charge is 2.34. The van der Waals surface area contributed by atoms with Crippen LogP contribution in [0.1, 0.15) is 40.5 Å². The molecule has 1 aliphatic rings. The monoisotopic (exact) mass is 336 g/mol. The molecule has 0 aromatic carbocycles. The van der Waals surface area contributed by atoms with Gasteiger partial charge in [-0.15, -0.1) is 0 Å². The Labute approximate surface area is 136 Å². The first kappa shape index (κ1) is 22.2. The molecule has 1 rings (SSSR count). The molecule has 1 fully saturated rings. The number of carboxylic acids is 1. The van der Waals surface area contributed by atoms with Gasteiger partial charge in [-0.25, -0.2) is 4.79 Å². The van der Waals surface area contributed by atoms with Crippen molar-refractivity contribution >= 4 is 5.97 Å². The van der Waals surface area contributed by atoms with Gasteiger partial charge in [-0.2, -0.15) is 0 Å². The maximum Gasteiger partial charge on any atom is 0.335 e. The zero-order valence-corrected chi connectivity index (χ0v) is 14.1. The normalized spacial score (nSPS) is 24.6. The van der Waals surface area contributed by atoms with Gasteiger partial charge in [0.15, 0.2) is 6.10 Å². The van der Waals surface area contributed by atoms with E-state index in [4.69, 9.17) is 30.6 Å². The zero-order chi connectivity index (χ0) is 18.4. The van der Waals surface area contributed by atoms with Crippen LogP contribution in [-0.2, 0) is 4.79 Å². The average molecular weight is 336 g/mol. The van der Waals surface area contributed by atoms with E-state index in [-0.39, 0.29) is 0 Å². The number of carbonyl (C=O) groups is 1. The third-order valence-corrected chi connectivity index (χ3v) is 3.49. The quantitative estimate of drug-likeness (QED) is 0.325. The number of carboxylic acid groups (broad SMARTS) is 1. The van der Waals surface area contributed by atoms with E-state index < -0.39 is 37.0 Å². The van der Waals surface area contributed by atoms with Crippen LogP contribution < -0.4 is 5.32 Å². The summed E-state index contributed by atoms with van der Waals surface area (Å²) in [5.74, 6) is -1.73. The molecule has 0 unspecified atom stereocenters.